The minimum absolute atomic E-state index is 0. The van der Waals surface area contributed by atoms with Crippen LogP contribution < -0.4 is 5.32 Å². The molecule has 0 bridgehead atoms. The molecule has 172 valence electrons. The van der Waals surface area contributed by atoms with E-state index in [9.17, 15) is 9.59 Å². The van der Waals surface area contributed by atoms with Crippen LogP contribution in [0.3, 0.4) is 0 Å². The van der Waals surface area contributed by atoms with Crippen molar-refractivity contribution in [3.05, 3.63) is 35.4 Å². The first kappa shape index (κ1) is 25.4. The molecule has 1 aromatic rings. The van der Waals surface area contributed by atoms with E-state index in [0.29, 0.717) is 31.8 Å². The molecule has 2 amide bonds. The van der Waals surface area contributed by atoms with Crippen LogP contribution in [0.1, 0.15) is 35.7 Å². The molecule has 0 radical (unpaired) electrons. The van der Waals surface area contributed by atoms with Crippen molar-refractivity contribution in [1.29, 1.82) is 0 Å². The summed E-state index contributed by atoms with van der Waals surface area (Å²) in [6.45, 7) is 6.93. The largest absolute Gasteiger partial charge is 0.368 e. The number of amides is 2. The van der Waals surface area contributed by atoms with Crippen LogP contribution in [-0.2, 0) is 16.1 Å². The summed E-state index contributed by atoms with van der Waals surface area (Å²) in [5.41, 5.74) is 1.72. The molecule has 2 aliphatic heterocycles. The summed E-state index contributed by atoms with van der Waals surface area (Å²) < 4.78 is 5.54. The second kappa shape index (κ2) is 12.2. The Morgan fingerprint density at radius 3 is 2.32 bits per heavy atom. The van der Waals surface area contributed by atoms with Gasteiger partial charge in [0.05, 0.1) is 6.54 Å². The summed E-state index contributed by atoms with van der Waals surface area (Å²) in [7, 11) is 3.49. The van der Waals surface area contributed by atoms with Crippen LogP contribution in [0, 0.1) is 0 Å². The highest BCUT2D eigenvalue weighted by Gasteiger charge is 2.30. The number of rotatable bonds is 5. The monoisotopic (exact) mass is 543 g/mol. The number of hydrogen-bond acceptors (Lipinski definition) is 4. The van der Waals surface area contributed by atoms with Crippen LogP contribution in [0.2, 0.25) is 0 Å². The van der Waals surface area contributed by atoms with Crippen LogP contribution in [-0.4, -0.2) is 92.0 Å². The molecule has 31 heavy (non-hydrogen) atoms. The number of hydrogen-bond donors (Lipinski definition) is 1. The predicted molar refractivity (Wildman–Crippen MR) is 132 cm³/mol. The first-order valence-corrected chi connectivity index (χ1v) is 10.7. The topological polar surface area (TPSA) is 77.5 Å². The lowest BCUT2D eigenvalue weighted by atomic mass is 10.1. The standard InChI is InChI=1S/C22H33N5O3.HI/c1-4-23-22(24-16-17-7-9-18(10-8-17)20(28)25(2)3)27-13-11-26(12-14-27)21(29)19-6-5-15-30-19;/h7-10,19H,4-6,11-16H2,1-3H3,(H,23,24);1H. The van der Waals surface area contributed by atoms with Gasteiger partial charge in [-0.25, -0.2) is 4.99 Å². The van der Waals surface area contributed by atoms with Gasteiger partial charge < -0.3 is 24.8 Å². The van der Waals surface area contributed by atoms with Crippen LogP contribution in [0.5, 0.6) is 0 Å². The molecule has 1 atom stereocenters. The summed E-state index contributed by atoms with van der Waals surface area (Å²) >= 11 is 0. The summed E-state index contributed by atoms with van der Waals surface area (Å²) in [6.07, 6.45) is 1.56. The Kier molecular flexibility index (Phi) is 10.0. The third kappa shape index (κ3) is 6.80. The summed E-state index contributed by atoms with van der Waals surface area (Å²) in [5.74, 6) is 0.977. The molecule has 2 heterocycles. The fourth-order valence-electron chi connectivity index (χ4n) is 3.72. The molecular formula is C22H34IN5O3. The van der Waals surface area contributed by atoms with E-state index >= 15 is 0 Å². The summed E-state index contributed by atoms with van der Waals surface area (Å²) in [6, 6.07) is 7.58. The van der Waals surface area contributed by atoms with E-state index in [2.05, 4.69) is 10.2 Å². The lowest BCUT2D eigenvalue weighted by Gasteiger charge is -2.37. The molecule has 0 aliphatic carbocycles. The van der Waals surface area contributed by atoms with Gasteiger partial charge in [-0.15, -0.1) is 24.0 Å². The summed E-state index contributed by atoms with van der Waals surface area (Å²) in [5, 5.41) is 3.35. The molecule has 9 heteroatoms. The van der Waals surface area contributed by atoms with Gasteiger partial charge in [-0.1, -0.05) is 12.1 Å². The van der Waals surface area contributed by atoms with Gasteiger partial charge in [0.25, 0.3) is 11.8 Å². The minimum atomic E-state index is -0.249. The van der Waals surface area contributed by atoms with Gasteiger partial charge in [-0.05, 0) is 37.5 Å². The minimum Gasteiger partial charge on any atom is -0.368 e. The molecule has 2 aliphatic rings. The number of nitrogens with one attached hydrogen (secondary N) is 1. The molecule has 3 rings (SSSR count). The number of guanidine groups is 1. The van der Waals surface area contributed by atoms with E-state index < -0.39 is 0 Å². The Labute approximate surface area is 202 Å². The molecule has 0 aromatic heterocycles. The first-order chi connectivity index (χ1) is 14.5. The summed E-state index contributed by atoms with van der Waals surface area (Å²) in [4.78, 5) is 35.0. The van der Waals surface area contributed by atoms with E-state index in [1.807, 2.05) is 36.1 Å². The number of benzene rings is 1. The number of carbonyl (C=O) groups excluding carboxylic acids is 2. The Hall–Kier alpha value is -1.88. The quantitative estimate of drug-likeness (QED) is 0.348. The van der Waals surface area contributed by atoms with Gasteiger partial charge in [0, 0.05) is 59.0 Å². The number of aliphatic imine (C=N–C) groups is 1. The molecule has 1 aromatic carbocycles. The van der Waals surface area contributed by atoms with Crippen molar-refractivity contribution in [1.82, 2.24) is 20.0 Å². The second-order valence-corrected chi connectivity index (χ2v) is 7.88. The van der Waals surface area contributed by atoms with Crippen molar-refractivity contribution < 1.29 is 14.3 Å². The zero-order chi connectivity index (χ0) is 21.5. The third-order valence-electron chi connectivity index (χ3n) is 5.45. The van der Waals surface area contributed by atoms with Crippen molar-refractivity contribution in [2.24, 2.45) is 4.99 Å². The smallest absolute Gasteiger partial charge is 0.253 e. The predicted octanol–water partition coefficient (Wildman–Crippen LogP) is 1.80. The molecule has 1 unspecified atom stereocenters. The first-order valence-electron chi connectivity index (χ1n) is 10.7. The van der Waals surface area contributed by atoms with Crippen molar-refractivity contribution in [3.63, 3.8) is 0 Å². The lowest BCUT2D eigenvalue weighted by molar-refractivity contribution is -0.142. The highest BCUT2D eigenvalue weighted by molar-refractivity contribution is 14.0. The Balaban J connectivity index is 0.00000341. The number of halogens is 1. The normalized spacial score (nSPS) is 19.1. The van der Waals surface area contributed by atoms with Crippen molar-refractivity contribution >= 4 is 41.8 Å². The third-order valence-corrected chi connectivity index (χ3v) is 5.45. The Bertz CT molecular complexity index is 755. The zero-order valence-electron chi connectivity index (χ0n) is 18.7. The molecule has 1 N–H and O–H groups in total. The highest BCUT2D eigenvalue weighted by atomic mass is 127. The zero-order valence-corrected chi connectivity index (χ0v) is 21.0. The molecule has 8 nitrogen and oxygen atoms in total. The molecule has 0 spiro atoms. The fraction of sp³-hybridized carbons (Fsp3) is 0.591. The van der Waals surface area contributed by atoms with E-state index in [4.69, 9.17) is 9.73 Å². The van der Waals surface area contributed by atoms with Gasteiger partial charge >= 0.3 is 0 Å². The maximum absolute atomic E-state index is 12.5. The van der Waals surface area contributed by atoms with E-state index in [1.54, 1.807) is 19.0 Å². The lowest BCUT2D eigenvalue weighted by Crippen LogP contribution is -2.55. The van der Waals surface area contributed by atoms with Crippen molar-refractivity contribution in [3.8, 4) is 0 Å². The second-order valence-electron chi connectivity index (χ2n) is 7.88. The van der Waals surface area contributed by atoms with Gasteiger partial charge in [-0.2, -0.15) is 0 Å². The highest BCUT2D eigenvalue weighted by Crippen LogP contribution is 2.16. The van der Waals surface area contributed by atoms with Crippen LogP contribution in [0.4, 0.5) is 0 Å². The number of nitrogens with zero attached hydrogens (tertiary/aromatic N) is 4. The van der Waals surface area contributed by atoms with Gasteiger partial charge in [0.1, 0.15) is 6.10 Å². The maximum atomic E-state index is 12.5. The molecule has 2 fully saturated rings. The van der Waals surface area contributed by atoms with Crippen LogP contribution >= 0.6 is 24.0 Å². The molecule has 0 saturated carbocycles. The maximum Gasteiger partial charge on any atom is 0.253 e. The van der Waals surface area contributed by atoms with Crippen LogP contribution in [0.15, 0.2) is 29.3 Å². The SMILES string of the molecule is CCNC(=NCc1ccc(C(=O)N(C)C)cc1)N1CCN(C(=O)C2CCCO2)CC1.I. The molecular weight excluding hydrogens is 509 g/mol. The number of carbonyl (C=O) groups is 2. The fourth-order valence-corrected chi connectivity index (χ4v) is 3.72. The Morgan fingerprint density at radius 1 is 1.13 bits per heavy atom. The van der Waals surface area contributed by atoms with Crippen molar-refractivity contribution in [2.75, 3.05) is 53.4 Å². The average molecular weight is 543 g/mol. The van der Waals surface area contributed by atoms with Crippen LogP contribution in [0.25, 0.3) is 0 Å². The van der Waals surface area contributed by atoms with E-state index in [1.165, 1.54) is 0 Å². The average Bonchev–Trinajstić information content (AvgIpc) is 3.31. The Morgan fingerprint density at radius 2 is 1.77 bits per heavy atom. The molecule has 2 saturated heterocycles. The van der Waals surface area contributed by atoms with E-state index in [0.717, 1.165) is 44.0 Å². The number of ether oxygens (including phenoxy) is 1. The van der Waals surface area contributed by atoms with Gasteiger partial charge in [0.15, 0.2) is 5.96 Å². The van der Waals surface area contributed by atoms with Crippen molar-refractivity contribution in [2.45, 2.75) is 32.4 Å². The number of piperazine rings is 1. The van der Waals surface area contributed by atoms with Gasteiger partial charge in [-0.3, -0.25) is 9.59 Å². The van der Waals surface area contributed by atoms with Gasteiger partial charge in [0.2, 0.25) is 0 Å². The van der Waals surface area contributed by atoms with E-state index in [-0.39, 0.29) is 41.9 Å².